The van der Waals surface area contributed by atoms with Crippen LogP contribution < -0.4 is 26.6 Å². The van der Waals surface area contributed by atoms with Crippen molar-refractivity contribution in [2.75, 3.05) is 35.7 Å². The topological polar surface area (TPSA) is 180 Å². The Kier molecular flexibility index (Phi) is 8.33. The van der Waals surface area contributed by atoms with E-state index in [1.165, 1.54) is 24.8 Å². The van der Waals surface area contributed by atoms with Gasteiger partial charge in [0.15, 0.2) is 5.78 Å². The Morgan fingerprint density at radius 3 is 2.40 bits per heavy atom. The lowest BCUT2D eigenvalue weighted by molar-refractivity contribution is 0.0705. The molecule has 4 N–H and O–H groups in total. The van der Waals surface area contributed by atoms with Gasteiger partial charge >= 0.3 is 0 Å². The molecule has 0 radical (unpaired) electrons. The number of hydroxylamine groups is 1. The molecule has 0 unspecified atom stereocenters. The van der Waals surface area contributed by atoms with Gasteiger partial charge in [0.25, 0.3) is 11.5 Å². The zero-order valence-electron chi connectivity index (χ0n) is 23.6. The van der Waals surface area contributed by atoms with Gasteiger partial charge in [-0.3, -0.25) is 24.2 Å². The van der Waals surface area contributed by atoms with Crippen LogP contribution in [0.15, 0.2) is 41.7 Å². The second-order valence-corrected chi connectivity index (χ2v) is 10.2. The Balaban J connectivity index is 1.27. The first kappa shape index (κ1) is 28.5. The van der Waals surface area contributed by atoms with Gasteiger partial charge in [-0.1, -0.05) is 12.8 Å². The van der Waals surface area contributed by atoms with E-state index in [0.717, 1.165) is 31.4 Å². The molecule has 5 rings (SSSR count). The molecule has 0 saturated heterocycles. The number of hydrogen-bond donors (Lipinski definition) is 4. The molecule has 14 nitrogen and oxygen atoms in total. The molecule has 1 saturated carbocycles. The van der Waals surface area contributed by atoms with Gasteiger partial charge in [-0.2, -0.15) is 4.98 Å². The lowest BCUT2D eigenvalue weighted by atomic mass is 10.0. The summed E-state index contributed by atoms with van der Waals surface area (Å²) >= 11 is 0. The lowest BCUT2D eigenvalue weighted by Crippen LogP contribution is -2.30. The van der Waals surface area contributed by atoms with Crippen LogP contribution in [0.3, 0.4) is 0 Å². The van der Waals surface area contributed by atoms with E-state index in [9.17, 15) is 14.4 Å². The number of nitrogens with one attached hydrogen (secondary N) is 3. The van der Waals surface area contributed by atoms with Crippen LogP contribution in [0, 0.1) is 6.92 Å². The van der Waals surface area contributed by atoms with Gasteiger partial charge in [-0.25, -0.2) is 25.4 Å². The number of rotatable bonds is 10. The Hall–Kier alpha value is -4.98. The van der Waals surface area contributed by atoms with Crippen LogP contribution in [-0.2, 0) is 0 Å². The summed E-state index contributed by atoms with van der Waals surface area (Å²) in [5.74, 6) is 0.273. The number of aromatic nitrogens is 6. The first-order valence-corrected chi connectivity index (χ1v) is 13.6. The highest BCUT2D eigenvalue weighted by Gasteiger charge is 2.26. The Labute approximate surface area is 241 Å². The van der Waals surface area contributed by atoms with Crippen LogP contribution in [0.5, 0.6) is 0 Å². The van der Waals surface area contributed by atoms with Gasteiger partial charge in [-0.05, 0) is 44.4 Å². The summed E-state index contributed by atoms with van der Waals surface area (Å²) in [6.45, 7) is 4.33. The number of carbonyl (C=O) groups excluding carboxylic acids is 2. The molecule has 4 aromatic heterocycles. The van der Waals surface area contributed by atoms with Gasteiger partial charge in [-0.15, -0.1) is 0 Å². The Bertz CT molecular complexity index is 1670. The molecule has 0 spiro atoms. The number of amides is 1. The number of aryl methyl sites for hydroxylation is 1. The average Bonchev–Trinajstić information content (AvgIpc) is 3.52. The van der Waals surface area contributed by atoms with Crippen molar-refractivity contribution in [1.82, 2.24) is 35.0 Å². The summed E-state index contributed by atoms with van der Waals surface area (Å²) in [6, 6.07) is 3.73. The third-order valence-corrected chi connectivity index (χ3v) is 7.42. The number of hydrogen-bond acceptors (Lipinski definition) is 12. The fraction of sp³-hybridized carbons (Fsp3) is 0.357. The van der Waals surface area contributed by atoms with E-state index < -0.39 is 5.91 Å². The van der Waals surface area contributed by atoms with Gasteiger partial charge in [0.05, 0.1) is 23.0 Å². The normalized spacial score (nSPS) is 13.2. The minimum absolute atomic E-state index is 0.00238. The Morgan fingerprint density at radius 1 is 1.05 bits per heavy atom. The highest BCUT2D eigenvalue weighted by molar-refractivity contribution is 5.99. The van der Waals surface area contributed by atoms with Gasteiger partial charge in [0, 0.05) is 50.2 Å². The molecule has 0 bridgehead atoms. The second-order valence-electron chi connectivity index (χ2n) is 10.2. The number of Topliss-reactive ketones (excluding diaryl/α,β-unsaturated/α-hetero) is 1. The molecule has 14 heteroatoms. The maximum Gasteiger partial charge on any atom is 0.277 e. The number of carbonyl (C=O) groups is 2. The van der Waals surface area contributed by atoms with E-state index in [1.807, 2.05) is 24.1 Å². The van der Waals surface area contributed by atoms with Crippen molar-refractivity contribution in [2.45, 2.75) is 45.6 Å². The molecular weight excluding hydrogens is 540 g/mol. The average molecular weight is 573 g/mol. The molecule has 1 fully saturated rings. The summed E-state index contributed by atoms with van der Waals surface area (Å²) in [7, 11) is 1.92. The lowest BCUT2D eigenvalue weighted by Gasteiger charge is -2.20. The van der Waals surface area contributed by atoms with Crippen LogP contribution in [-0.4, -0.2) is 66.5 Å². The molecule has 0 aliphatic heterocycles. The quantitative estimate of drug-likeness (QED) is 0.124. The first-order chi connectivity index (χ1) is 20.3. The standard InChI is InChI=1S/C28H32N10O4/c1-16-21-15-33-28(35-24(21)38(19-6-4-5-7-19)26(41)23(16)17(2)39)34-22-9-8-20(14-30-22)37(3)11-10-29-27-31-12-18(13-32-27)25(40)36-42/h8-9,12-15,19,42H,4-7,10-11H2,1-3H3,(H,36,40)(H,29,31,32)(H,30,33,34,35). The molecule has 4 aromatic rings. The van der Waals surface area contributed by atoms with Crippen LogP contribution >= 0.6 is 0 Å². The SMILES string of the molecule is CC(=O)c1c(C)c2cnc(Nc3ccc(N(C)CCNc4ncc(C(=O)NO)cn4)cn3)nc2n(C2CCCC2)c1=O. The van der Waals surface area contributed by atoms with Crippen LogP contribution in [0.2, 0.25) is 0 Å². The largest absolute Gasteiger partial charge is 0.372 e. The third kappa shape index (κ3) is 5.88. The zero-order chi connectivity index (χ0) is 29.8. The van der Waals surface area contributed by atoms with E-state index in [-0.39, 0.29) is 28.5 Å². The molecule has 0 atom stereocenters. The zero-order valence-corrected chi connectivity index (χ0v) is 23.6. The molecule has 218 valence electrons. The minimum atomic E-state index is -0.679. The second kappa shape index (κ2) is 12.3. The van der Waals surface area contributed by atoms with Crippen molar-refractivity contribution < 1.29 is 14.8 Å². The van der Waals surface area contributed by atoms with Crippen molar-refractivity contribution in [2.24, 2.45) is 0 Å². The molecule has 4 heterocycles. The number of ketones is 1. The maximum absolute atomic E-state index is 13.4. The van der Waals surface area contributed by atoms with Crippen molar-refractivity contribution in [3.8, 4) is 0 Å². The summed E-state index contributed by atoms with van der Waals surface area (Å²) < 4.78 is 1.68. The third-order valence-electron chi connectivity index (χ3n) is 7.42. The molecule has 42 heavy (non-hydrogen) atoms. The van der Waals surface area contributed by atoms with E-state index in [0.29, 0.717) is 47.4 Å². The smallest absolute Gasteiger partial charge is 0.277 e. The predicted molar refractivity (Wildman–Crippen MR) is 157 cm³/mol. The van der Waals surface area contributed by atoms with Crippen molar-refractivity contribution in [3.63, 3.8) is 0 Å². The maximum atomic E-state index is 13.4. The van der Waals surface area contributed by atoms with Crippen LogP contribution in [0.4, 0.5) is 23.4 Å². The summed E-state index contributed by atoms with van der Waals surface area (Å²) in [5, 5.41) is 15.6. The van der Waals surface area contributed by atoms with Crippen molar-refractivity contribution in [3.05, 3.63) is 64.0 Å². The number of likely N-dealkylation sites (N-methyl/N-ethyl adjacent to an activating group) is 1. The van der Waals surface area contributed by atoms with E-state index >= 15 is 0 Å². The molecule has 1 aliphatic carbocycles. The van der Waals surface area contributed by atoms with E-state index in [4.69, 9.17) is 10.2 Å². The number of pyridine rings is 2. The molecule has 0 aromatic carbocycles. The monoisotopic (exact) mass is 572 g/mol. The number of nitrogens with zero attached hydrogens (tertiary/aromatic N) is 7. The highest BCUT2D eigenvalue weighted by Crippen LogP contribution is 2.32. The van der Waals surface area contributed by atoms with E-state index in [1.54, 1.807) is 23.9 Å². The highest BCUT2D eigenvalue weighted by atomic mass is 16.5. The number of anilines is 4. The summed E-state index contributed by atoms with van der Waals surface area (Å²) in [6.07, 6.45) is 9.82. The minimum Gasteiger partial charge on any atom is -0.372 e. The van der Waals surface area contributed by atoms with Gasteiger partial charge in [0.1, 0.15) is 11.5 Å². The van der Waals surface area contributed by atoms with Gasteiger partial charge < -0.3 is 15.5 Å². The predicted octanol–water partition coefficient (Wildman–Crippen LogP) is 3.01. The molecular formula is C28H32N10O4. The fourth-order valence-electron chi connectivity index (χ4n) is 5.17. The van der Waals surface area contributed by atoms with Gasteiger partial charge in [0.2, 0.25) is 11.9 Å². The van der Waals surface area contributed by atoms with E-state index in [2.05, 4.69) is 30.6 Å². The summed E-state index contributed by atoms with van der Waals surface area (Å²) in [5.41, 5.74) is 3.59. The Morgan fingerprint density at radius 2 is 1.76 bits per heavy atom. The molecule has 1 aliphatic rings. The fourth-order valence-corrected chi connectivity index (χ4v) is 5.17. The first-order valence-electron chi connectivity index (χ1n) is 13.6. The van der Waals surface area contributed by atoms with Crippen molar-refractivity contribution in [1.29, 1.82) is 0 Å². The number of fused-ring (bicyclic) bond motifs is 1. The van der Waals surface area contributed by atoms with Crippen molar-refractivity contribution >= 4 is 46.1 Å². The molecule has 1 amide bonds. The van der Waals surface area contributed by atoms with Crippen LogP contribution in [0.25, 0.3) is 11.0 Å². The van der Waals surface area contributed by atoms with Crippen LogP contribution in [0.1, 0.15) is 64.9 Å². The summed E-state index contributed by atoms with van der Waals surface area (Å²) in [4.78, 5) is 60.9.